The number of halogens is 1. The molecule has 1 aliphatic heterocycles. The molecule has 172 valence electrons. The molecule has 2 atom stereocenters. The topological polar surface area (TPSA) is 53.3 Å². The summed E-state index contributed by atoms with van der Waals surface area (Å²) in [6.45, 7) is 0. The largest absolute Gasteiger partial charge is 0.506 e. The predicted molar refractivity (Wildman–Crippen MR) is 144 cm³/mol. The SMILES string of the molecule is Oc1ccc(Cl)cc1N1C(=S)N[C@H](c2ccccn2)[C@H]1c1cccn1-c1ccc2ccccc2c1. The third kappa shape index (κ3) is 3.81. The number of hydrogen-bond donors (Lipinski definition) is 2. The molecular formula is C28H21ClN4OS. The van der Waals surface area contributed by atoms with Crippen LogP contribution < -0.4 is 10.2 Å². The van der Waals surface area contributed by atoms with Crippen molar-refractivity contribution in [1.82, 2.24) is 14.9 Å². The summed E-state index contributed by atoms with van der Waals surface area (Å²) < 4.78 is 2.16. The van der Waals surface area contributed by atoms with Gasteiger partial charge in [0.05, 0.1) is 17.4 Å². The van der Waals surface area contributed by atoms with Gasteiger partial charge in [0.25, 0.3) is 0 Å². The zero-order valence-electron chi connectivity index (χ0n) is 18.5. The van der Waals surface area contributed by atoms with Gasteiger partial charge < -0.3 is 19.9 Å². The molecule has 5 aromatic rings. The first-order chi connectivity index (χ1) is 17.1. The zero-order chi connectivity index (χ0) is 23.9. The lowest BCUT2D eigenvalue weighted by Crippen LogP contribution is -2.30. The van der Waals surface area contributed by atoms with Gasteiger partial charge in [-0.2, -0.15) is 0 Å². The van der Waals surface area contributed by atoms with Gasteiger partial charge in [-0.3, -0.25) is 4.98 Å². The number of phenols is 1. The van der Waals surface area contributed by atoms with E-state index in [0.29, 0.717) is 15.8 Å². The Kier molecular flexibility index (Phi) is 5.40. The third-order valence-corrected chi connectivity index (χ3v) is 6.94. The highest BCUT2D eigenvalue weighted by atomic mass is 35.5. The van der Waals surface area contributed by atoms with Crippen LogP contribution in [-0.2, 0) is 0 Å². The third-order valence-electron chi connectivity index (χ3n) is 6.39. The Labute approximate surface area is 213 Å². The fraction of sp³-hybridized carbons (Fsp3) is 0.0714. The van der Waals surface area contributed by atoms with E-state index >= 15 is 0 Å². The maximum absolute atomic E-state index is 10.8. The minimum atomic E-state index is -0.289. The van der Waals surface area contributed by atoms with Crippen molar-refractivity contribution in [2.45, 2.75) is 12.1 Å². The van der Waals surface area contributed by atoms with E-state index < -0.39 is 0 Å². The van der Waals surface area contributed by atoms with E-state index in [-0.39, 0.29) is 17.8 Å². The number of pyridine rings is 1. The lowest BCUT2D eigenvalue weighted by molar-refractivity contribution is 0.472. The summed E-state index contributed by atoms with van der Waals surface area (Å²) >= 11 is 12.1. The molecule has 1 aliphatic rings. The molecule has 0 saturated carbocycles. The number of aromatic nitrogens is 2. The Morgan fingerprint density at radius 3 is 2.54 bits per heavy atom. The number of nitrogens with one attached hydrogen (secondary N) is 1. The second-order valence-electron chi connectivity index (χ2n) is 8.46. The number of thiocarbonyl (C=S) groups is 1. The van der Waals surface area contributed by atoms with Crippen LogP contribution in [-0.4, -0.2) is 19.8 Å². The van der Waals surface area contributed by atoms with Crippen molar-refractivity contribution in [3.8, 4) is 11.4 Å². The molecule has 0 unspecified atom stereocenters. The van der Waals surface area contributed by atoms with Crippen LogP contribution >= 0.6 is 23.8 Å². The van der Waals surface area contributed by atoms with Crippen LogP contribution in [0, 0.1) is 0 Å². The fourth-order valence-corrected chi connectivity index (χ4v) is 5.31. The van der Waals surface area contributed by atoms with Crippen LogP contribution in [0.1, 0.15) is 23.5 Å². The fourth-order valence-electron chi connectivity index (χ4n) is 4.80. The van der Waals surface area contributed by atoms with Crippen molar-refractivity contribution < 1.29 is 5.11 Å². The maximum Gasteiger partial charge on any atom is 0.174 e. The summed E-state index contributed by atoms with van der Waals surface area (Å²) in [5.41, 5.74) is 3.44. The van der Waals surface area contributed by atoms with Crippen LogP contribution in [0.3, 0.4) is 0 Å². The van der Waals surface area contributed by atoms with E-state index in [0.717, 1.165) is 22.5 Å². The second-order valence-corrected chi connectivity index (χ2v) is 9.29. The normalized spacial score (nSPS) is 17.6. The molecule has 0 bridgehead atoms. The molecule has 1 saturated heterocycles. The van der Waals surface area contributed by atoms with E-state index in [1.165, 1.54) is 5.39 Å². The summed E-state index contributed by atoms with van der Waals surface area (Å²) in [4.78, 5) is 6.55. The van der Waals surface area contributed by atoms with Crippen molar-refractivity contribution >= 4 is 45.4 Å². The van der Waals surface area contributed by atoms with E-state index in [4.69, 9.17) is 23.8 Å². The van der Waals surface area contributed by atoms with Crippen LogP contribution in [0.15, 0.2) is 103 Å². The smallest absolute Gasteiger partial charge is 0.174 e. The van der Waals surface area contributed by atoms with Crippen LogP contribution in [0.4, 0.5) is 5.69 Å². The Hall–Kier alpha value is -3.87. The number of fused-ring (bicyclic) bond motifs is 1. The molecule has 2 N–H and O–H groups in total. The molecule has 0 aliphatic carbocycles. The lowest BCUT2D eigenvalue weighted by atomic mass is 10.0. The highest BCUT2D eigenvalue weighted by Crippen LogP contribution is 2.45. The number of aromatic hydroxyl groups is 1. The quantitative estimate of drug-likeness (QED) is 0.276. The minimum absolute atomic E-state index is 0.106. The number of anilines is 1. The van der Waals surface area contributed by atoms with Crippen LogP contribution in [0.5, 0.6) is 5.75 Å². The second kappa shape index (κ2) is 8.73. The molecule has 0 spiro atoms. The monoisotopic (exact) mass is 496 g/mol. The first-order valence-electron chi connectivity index (χ1n) is 11.3. The molecule has 5 nitrogen and oxygen atoms in total. The van der Waals surface area contributed by atoms with Crippen molar-refractivity contribution in [3.05, 3.63) is 120 Å². The van der Waals surface area contributed by atoms with Crippen LogP contribution in [0.25, 0.3) is 16.5 Å². The molecule has 1 fully saturated rings. The maximum atomic E-state index is 10.8. The molecule has 6 rings (SSSR count). The van der Waals surface area contributed by atoms with E-state index in [2.05, 4.69) is 51.3 Å². The van der Waals surface area contributed by atoms with Gasteiger partial charge in [-0.25, -0.2) is 0 Å². The first-order valence-corrected chi connectivity index (χ1v) is 12.0. The Morgan fingerprint density at radius 1 is 0.886 bits per heavy atom. The number of benzene rings is 3. The lowest BCUT2D eigenvalue weighted by Gasteiger charge is -2.29. The van der Waals surface area contributed by atoms with Crippen molar-refractivity contribution in [3.63, 3.8) is 0 Å². The van der Waals surface area contributed by atoms with Crippen molar-refractivity contribution in [1.29, 1.82) is 0 Å². The molecular weight excluding hydrogens is 476 g/mol. The number of nitrogens with zero attached hydrogens (tertiary/aromatic N) is 3. The van der Waals surface area contributed by atoms with E-state index in [1.54, 1.807) is 24.4 Å². The number of hydrogen-bond acceptors (Lipinski definition) is 3. The zero-order valence-corrected chi connectivity index (χ0v) is 20.1. The molecule has 2 aromatic heterocycles. The average molecular weight is 497 g/mol. The minimum Gasteiger partial charge on any atom is -0.506 e. The van der Waals surface area contributed by atoms with Gasteiger partial charge in [0.2, 0.25) is 0 Å². The number of phenolic OH excluding ortho intramolecular Hbond substituents is 1. The average Bonchev–Trinajstić information content (AvgIpc) is 3.50. The van der Waals surface area contributed by atoms with E-state index in [1.807, 2.05) is 47.5 Å². The first kappa shape index (κ1) is 21.6. The standard InChI is InChI=1S/C28H21ClN4OS/c29-20-11-13-25(34)24(17-20)33-27(26(31-28(33)35)22-8-3-4-14-30-22)23-9-5-15-32(23)21-12-10-18-6-1-2-7-19(18)16-21/h1-17,26-27,34H,(H,31,35)/t26-,27-/m1/s1. The van der Waals surface area contributed by atoms with Gasteiger partial charge in [-0.1, -0.05) is 48.0 Å². The van der Waals surface area contributed by atoms with Crippen molar-refractivity contribution in [2.75, 3.05) is 4.90 Å². The summed E-state index contributed by atoms with van der Waals surface area (Å²) in [6.07, 6.45) is 3.82. The van der Waals surface area contributed by atoms with Gasteiger partial charge in [0.1, 0.15) is 11.8 Å². The number of rotatable bonds is 4. The summed E-state index contributed by atoms with van der Waals surface area (Å²) in [7, 11) is 0. The van der Waals surface area contributed by atoms with E-state index in [9.17, 15) is 5.11 Å². The Balaban J connectivity index is 1.54. The molecule has 0 radical (unpaired) electrons. The van der Waals surface area contributed by atoms with Gasteiger partial charge in [-0.05, 0) is 77.6 Å². The summed E-state index contributed by atoms with van der Waals surface area (Å²) in [6, 6.07) is 29.1. The van der Waals surface area contributed by atoms with Gasteiger partial charge in [-0.15, -0.1) is 0 Å². The Bertz CT molecular complexity index is 1550. The van der Waals surface area contributed by atoms with Gasteiger partial charge in [0, 0.05) is 28.8 Å². The Morgan fingerprint density at radius 2 is 1.71 bits per heavy atom. The van der Waals surface area contributed by atoms with Crippen molar-refractivity contribution in [2.24, 2.45) is 0 Å². The highest BCUT2D eigenvalue weighted by Gasteiger charge is 2.43. The molecule has 3 heterocycles. The van der Waals surface area contributed by atoms with Gasteiger partial charge in [0.15, 0.2) is 5.11 Å². The highest BCUT2D eigenvalue weighted by molar-refractivity contribution is 7.80. The molecule has 0 amide bonds. The summed E-state index contributed by atoms with van der Waals surface area (Å²) in [5, 5.41) is 17.6. The van der Waals surface area contributed by atoms with Gasteiger partial charge >= 0.3 is 0 Å². The molecule has 35 heavy (non-hydrogen) atoms. The molecule has 3 aromatic carbocycles. The predicted octanol–water partition coefficient (Wildman–Crippen LogP) is 6.56. The van der Waals surface area contributed by atoms with Crippen LogP contribution in [0.2, 0.25) is 5.02 Å². The molecule has 7 heteroatoms. The summed E-state index contributed by atoms with van der Waals surface area (Å²) in [5.74, 6) is 0.106.